The average molecular weight is 572 g/mol. The first kappa shape index (κ1) is 28.6. The van der Waals surface area contributed by atoms with Gasteiger partial charge in [0, 0.05) is 41.0 Å². The predicted molar refractivity (Wildman–Crippen MR) is 152 cm³/mol. The predicted octanol–water partition coefficient (Wildman–Crippen LogP) is 3.56. The van der Waals surface area contributed by atoms with Crippen LogP contribution in [0.3, 0.4) is 0 Å². The lowest BCUT2D eigenvalue weighted by Gasteiger charge is -2.31. The van der Waals surface area contributed by atoms with Crippen molar-refractivity contribution in [3.05, 3.63) is 121 Å². The quantitative estimate of drug-likeness (QED) is 0.209. The number of aliphatic hydroxyl groups is 1. The van der Waals surface area contributed by atoms with E-state index in [0.29, 0.717) is 29.2 Å². The Kier molecular flexibility index (Phi) is 8.07. The Bertz CT molecular complexity index is 1760. The van der Waals surface area contributed by atoms with Crippen LogP contribution in [0.1, 0.15) is 47.6 Å². The molecule has 216 valence electrons. The molecular weight excluding hydrogens is 542 g/mol. The summed E-state index contributed by atoms with van der Waals surface area (Å²) in [6.45, 7) is 3.23. The van der Waals surface area contributed by atoms with Gasteiger partial charge in [0.15, 0.2) is 17.2 Å². The van der Waals surface area contributed by atoms with E-state index >= 15 is 0 Å². The van der Waals surface area contributed by atoms with Gasteiger partial charge < -0.3 is 14.6 Å². The molecule has 0 bridgehead atoms. The molecule has 0 radical (unpaired) electrons. The molecule has 1 aromatic carbocycles. The average Bonchev–Trinajstić information content (AvgIpc) is 3.64. The van der Waals surface area contributed by atoms with Gasteiger partial charge in [0.1, 0.15) is 6.23 Å². The molecule has 5 heterocycles. The number of Topliss-reactive ketones (excluding diaryl/α,β-unsaturated/α-hetero) is 1. The van der Waals surface area contributed by atoms with E-state index in [2.05, 4.69) is 20.0 Å². The molecule has 42 heavy (non-hydrogen) atoms. The maximum absolute atomic E-state index is 13.3. The number of pyridine rings is 1. The third-order valence-electron chi connectivity index (χ3n) is 7.39. The normalized spacial score (nSPS) is 22.5. The van der Waals surface area contributed by atoms with Gasteiger partial charge in [-0.3, -0.25) is 23.7 Å². The molecular formula is C29H29N7O6. The molecule has 0 amide bonds. The second kappa shape index (κ2) is 11.9. The van der Waals surface area contributed by atoms with Gasteiger partial charge in [-0.25, -0.2) is 9.78 Å². The van der Waals surface area contributed by atoms with Gasteiger partial charge >= 0.3 is 5.69 Å². The third-order valence-corrected chi connectivity index (χ3v) is 7.39. The van der Waals surface area contributed by atoms with Crippen LogP contribution in [-0.4, -0.2) is 48.7 Å². The lowest BCUT2D eigenvalue weighted by molar-refractivity contribution is -0.0271. The Hall–Kier alpha value is -4.97. The topological polar surface area (TPSA) is 177 Å². The number of ketones is 1. The van der Waals surface area contributed by atoms with E-state index in [1.807, 2.05) is 67.7 Å². The first-order chi connectivity index (χ1) is 20.3. The van der Waals surface area contributed by atoms with E-state index in [-0.39, 0.29) is 18.8 Å². The molecule has 2 N–H and O–H groups in total. The van der Waals surface area contributed by atoms with Crippen molar-refractivity contribution in [2.24, 2.45) is 5.11 Å². The third kappa shape index (κ3) is 5.12. The Morgan fingerprint density at radius 2 is 1.95 bits per heavy atom. The van der Waals surface area contributed by atoms with Crippen LogP contribution >= 0.6 is 0 Å². The molecule has 13 nitrogen and oxygen atoms in total. The van der Waals surface area contributed by atoms with Crippen LogP contribution in [0, 0.1) is 6.92 Å². The van der Waals surface area contributed by atoms with Crippen molar-refractivity contribution in [1.29, 1.82) is 0 Å². The first-order valence-corrected chi connectivity index (χ1v) is 13.4. The number of fused-ring (bicyclic) bond motifs is 3. The molecule has 1 saturated heterocycles. The van der Waals surface area contributed by atoms with Crippen molar-refractivity contribution in [3.63, 3.8) is 0 Å². The molecule has 0 aliphatic carbocycles. The van der Waals surface area contributed by atoms with Crippen molar-refractivity contribution in [2.75, 3.05) is 6.61 Å². The Morgan fingerprint density at radius 1 is 1.17 bits per heavy atom. The standard InChI is InChI=1S/C19H16N2O2.C10H13N5O4/c1-2-19(14-8-4-3-5-9-14)17(22)15-10-7-13-21(15)18-16(23-19)11-6-12-20-18;1-5-3-15(10(18)12-9(5)17)8-2-6(13-14-11)7(4-16)19-8/h3-13H,2H2,1H3;3,6-8,16H,2,4H2,1H3,(H,12,17,18)/t;6-,7+,8+/m.0/s1. The van der Waals surface area contributed by atoms with Crippen LogP contribution in [0.15, 0.2) is 87.9 Å². The molecule has 13 heteroatoms. The van der Waals surface area contributed by atoms with Crippen molar-refractivity contribution >= 4 is 5.78 Å². The zero-order chi connectivity index (χ0) is 29.9. The minimum Gasteiger partial charge on any atom is -0.470 e. The van der Waals surface area contributed by atoms with Gasteiger partial charge in [0.05, 0.1) is 24.4 Å². The molecule has 3 aromatic heterocycles. The highest BCUT2D eigenvalue weighted by Gasteiger charge is 2.45. The molecule has 4 aromatic rings. The number of rotatable bonds is 5. The van der Waals surface area contributed by atoms with Crippen LogP contribution in [0.25, 0.3) is 16.3 Å². The number of nitrogens with zero attached hydrogens (tertiary/aromatic N) is 6. The lowest BCUT2D eigenvalue weighted by atomic mass is 9.85. The van der Waals surface area contributed by atoms with Crippen LogP contribution in [0.5, 0.6) is 5.75 Å². The fourth-order valence-electron chi connectivity index (χ4n) is 5.21. The van der Waals surface area contributed by atoms with Crippen molar-refractivity contribution in [1.82, 2.24) is 19.1 Å². The second-order valence-electron chi connectivity index (χ2n) is 9.86. The summed E-state index contributed by atoms with van der Waals surface area (Å²) in [4.78, 5) is 45.6. The van der Waals surface area contributed by atoms with Crippen LogP contribution in [-0.2, 0) is 10.3 Å². The number of aromatic amines is 1. The zero-order valence-electron chi connectivity index (χ0n) is 23.0. The number of aromatic nitrogens is 4. The minimum absolute atomic E-state index is 0.0470. The number of carbonyl (C=O) groups excluding carboxylic acids is 1. The summed E-state index contributed by atoms with van der Waals surface area (Å²) in [6, 6.07) is 16.5. The molecule has 0 spiro atoms. The molecule has 2 aliphatic rings. The van der Waals surface area contributed by atoms with Crippen LogP contribution in [0.4, 0.5) is 0 Å². The highest BCUT2D eigenvalue weighted by molar-refractivity contribution is 6.03. The van der Waals surface area contributed by atoms with Gasteiger partial charge in [-0.05, 0) is 43.1 Å². The van der Waals surface area contributed by atoms with E-state index in [4.69, 9.17) is 20.1 Å². The van der Waals surface area contributed by atoms with Crippen molar-refractivity contribution < 1.29 is 19.4 Å². The summed E-state index contributed by atoms with van der Waals surface area (Å²) < 4.78 is 14.8. The molecule has 0 saturated carbocycles. The number of benzene rings is 1. The summed E-state index contributed by atoms with van der Waals surface area (Å²) in [5, 5.41) is 12.7. The SMILES string of the molecule is CCC1(c2ccccc2)Oc2cccnc2-n2cccc2C1=O.Cc1cn([C@H]2C[C@H](N=[N+]=[N-])[C@@H](CO)O2)c(=O)[nH]c1=O. The number of azide groups is 1. The number of hydrogen-bond acceptors (Lipinski definition) is 8. The maximum Gasteiger partial charge on any atom is 0.330 e. The first-order valence-electron chi connectivity index (χ1n) is 13.4. The number of ether oxygens (including phenoxy) is 2. The summed E-state index contributed by atoms with van der Waals surface area (Å²) >= 11 is 0. The monoisotopic (exact) mass is 571 g/mol. The molecule has 1 unspecified atom stereocenters. The van der Waals surface area contributed by atoms with E-state index in [1.54, 1.807) is 17.7 Å². The number of hydrogen-bond donors (Lipinski definition) is 2. The number of H-pyrrole nitrogens is 1. The van der Waals surface area contributed by atoms with Gasteiger partial charge in [0.25, 0.3) is 5.56 Å². The Balaban J connectivity index is 0.000000172. The van der Waals surface area contributed by atoms with Gasteiger partial charge in [-0.1, -0.05) is 42.4 Å². The van der Waals surface area contributed by atoms with Gasteiger partial charge in [-0.2, -0.15) is 0 Å². The Labute approximate surface area is 239 Å². The molecule has 1 fully saturated rings. The van der Waals surface area contributed by atoms with Crippen LogP contribution in [0.2, 0.25) is 0 Å². The summed E-state index contributed by atoms with van der Waals surface area (Å²) in [6.07, 6.45) is 4.42. The highest BCUT2D eigenvalue weighted by Crippen LogP contribution is 2.40. The molecule has 4 atom stereocenters. The summed E-state index contributed by atoms with van der Waals surface area (Å²) in [5.41, 5.74) is 8.17. The Morgan fingerprint density at radius 3 is 2.67 bits per heavy atom. The number of carbonyl (C=O) groups is 1. The highest BCUT2D eigenvalue weighted by atomic mass is 16.5. The second-order valence-corrected chi connectivity index (χ2v) is 9.86. The zero-order valence-corrected chi connectivity index (χ0v) is 23.0. The fraction of sp³-hybridized carbons (Fsp3) is 0.310. The minimum atomic E-state index is -1.04. The summed E-state index contributed by atoms with van der Waals surface area (Å²) in [7, 11) is 0. The number of aryl methyl sites for hydroxylation is 1. The van der Waals surface area contributed by atoms with E-state index in [1.165, 1.54) is 10.8 Å². The lowest BCUT2D eigenvalue weighted by Crippen LogP contribution is -2.41. The number of nitrogens with one attached hydrogen (secondary N) is 1. The number of aliphatic hydroxyl groups excluding tert-OH is 1. The van der Waals surface area contributed by atoms with E-state index < -0.39 is 35.2 Å². The smallest absolute Gasteiger partial charge is 0.330 e. The fourth-order valence-corrected chi connectivity index (χ4v) is 5.21. The van der Waals surface area contributed by atoms with Gasteiger partial charge in [0.2, 0.25) is 5.78 Å². The maximum atomic E-state index is 13.3. The van der Waals surface area contributed by atoms with E-state index in [0.717, 1.165) is 5.56 Å². The largest absolute Gasteiger partial charge is 0.470 e. The van der Waals surface area contributed by atoms with Crippen LogP contribution < -0.4 is 16.0 Å². The van der Waals surface area contributed by atoms with Crippen molar-refractivity contribution in [2.45, 2.75) is 50.7 Å². The molecule has 6 rings (SSSR count). The van der Waals surface area contributed by atoms with Gasteiger partial charge in [-0.15, -0.1) is 0 Å². The van der Waals surface area contributed by atoms with Crippen molar-refractivity contribution in [3.8, 4) is 11.6 Å². The summed E-state index contributed by atoms with van der Waals surface area (Å²) in [5.74, 6) is 1.21. The van der Waals surface area contributed by atoms with E-state index in [9.17, 15) is 14.4 Å². The molecule has 2 aliphatic heterocycles.